The van der Waals surface area contributed by atoms with Crippen molar-refractivity contribution >= 4 is 40.7 Å². The summed E-state index contributed by atoms with van der Waals surface area (Å²) in [7, 11) is 0. The highest BCUT2D eigenvalue weighted by molar-refractivity contribution is 6.36. The lowest BCUT2D eigenvalue weighted by atomic mass is 10.1. The highest BCUT2D eigenvalue weighted by Gasteiger charge is 2.22. The molecule has 0 heterocycles. The Morgan fingerprint density at radius 2 is 1.90 bits per heavy atom. The Bertz CT molecular complexity index is 528. The SMILES string of the molecule is O=C(CCNC(=O)C1CCCC1)Nc1ccc(Cl)cc1Cl. The first kappa shape index (κ1) is 16.1. The zero-order valence-electron chi connectivity index (χ0n) is 11.6. The van der Waals surface area contributed by atoms with Crippen LogP contribution in [0.1, 0.15) is 32.1 Å². The maximum absolute atomic E-state index is 11.8. The van der Waals surface area contributed by atoms with E-state index in [-0.39, 0.29) is 24.2 Å². The molecule has 0 aliphatic heterocycles. The molecule has 2 amide bonds. The van der Waals surface area contributed by atoms with Gasteiger partial charge in [-0.2, -0.15) is 0 Å². The maximum Gasteiger partial charge on any atom is 0.226 e. The minimum Gasteiger partial charge on any atom is -0.355 e. The van der Waals surface area contributed by atoms with Crippen LogP contribution in [0.5, 0.6) is 0 Å². The number of rotatable bonds is 5. The molecule has 0 spiro atoms. The topological polar surface area (TPSA) is 58.2 Å². The number of nitrogens with one attached hydrogen (secondary N) is 2. The average Bonchev–Trinajstić information content (AvgIpc) is 2.96. The number of amides is 2. The van der Waals surface area contributed by atoms with Crippen molar-refractivity contribution in [1.29, 1.82) is 0 Å². The van der Waals surface area contributed by atoms with Gasteiger partial charge in [-0.05, 0) is 31.0 Å². The standard InChI is InChI=1S/C15H18Cl2N2O2/c16-11-5-6-13(12(17)9-11)19-14(20)7-8-18-15(21)10-3-1-2-4-10/h5-6,9-10H,1-4,7-8H2,(H,18,21)(H,19,20). The van der Waals surface area contributed by atoms with Gasteiger partial charge in [0, 0.05) is 23.9 Å². The number of benzene rings is 1. The van der Waals surface area contributed by atoms with Gasteiger partial charge in [-0.1, -0.05) is 36.0 Å². The molecule has 1 fully saturated rings. The molecule has 1 aromatic rings. The van der Waals surface area contributed by atoms with Crippen LogP contribution >= 0.6 is 23.2 Å². The average molecular weight is 329 g/mol. The molecule has 1 saturated carbocycles. The maximum atomic E-state index is 11.8. The van der Waals surface area contributed by atoms with E-state index in [1.165, 1.54) is 0 Å². The van der Waals surface area contributed by atoms with E-state index in [1.807, 2.05) is 0 Å². The molecule has 1 aliphatic carbocycles. The fourth-order valence-corrected chi connectivity index (χ4v) is 2.89. The summed E-state index contributed by atoms with van der Waals surface area (Å²) in [6.07, 6.45) is 4.37. The summed E-state index contributed by atoms with van der Waals surface area (Å²) < 4.78 is 0. The van der Waals surface area contributed by atoms with Gasteiger partial charge in [0.05, 0.1) is 10.7 Å². The molecule has 0 unspecified atom stereocenters. The van der Waals surface area contributed by atoms with E-state index in [0.717, 1.165) is 25.7 Å². The van der Waals surface area contributed by atoms with Crippen molar-refractivity contribution in [2.24, 2.45) is 5.92 Å². The summed E-state index contributed by atoms with van der Waals surface area (Å²) in [4.78, 5) is 23.6. The van der Waals surface area contributed by atoms with Crippen molar-refractivity contribution in [3.8, 4) is 0 Å². The van der Waals surface area contributed by atoms with Crippen molar-refractivity contribution in [2.75, 3.05) is 11.9 Å². The summed E-state index contributed by atoms with van der Waals surface area (Å²) in [6.45, 7) is 0.340. The Morgan fingerprint density at radius 1 is 1.19 bits per heavy atom. The van der Waals surface area contributed by atoms with E-state index in [2.05, 4.69) is 10.6 Å². The van der Waals surface area contributed by atoms with E-state index in [1.54, 1.807) is 18.2 Å². The molecule has 0 aromatic heterocycles. The minimum atomic E-state index is -0.189. The molecule has 6 heteroatoms. The number of anilines is 1. The summed E-state index contributed by atoms with van der Waals surface area (Å²) in [5.41, 5.74) is 0.521. The fourth-order valence-electron chi connectivity index (χ4n) is 2.44. The number of carbonyl (C=O) groups excluding carboxylic acids is 2. The molecule has 1 aromatic carbocycles. The van der Waals surface area contributed by atoms with Crippen LogP contribution in [0, 0.1) is 5.92 Å². The van der Waals surface area contributed by atoms with Crippen LogP contribution in [0.3, 0.4) is 0 Å². The van der Waals surface area contributed by atoms with Crippen LogP contribution in [-0.2, 0) is 9.59 Å². The Hall–Kier alpha value is -1.26. The third kappa shape index (κ3) is 4.90. The minimum absolute atomic E-state index is 0.0600. The zero-order valence-corrected chi connectivity index (χ0v) is 13.1. The molecule has 1 aliphatic rings. The number of hydrogen-bond donors (Lipinski definition) is 2. The predicted molar refractivity (Wildman–Crippen MR) is 84.7 cm³/mol. The van der Waals surface area contributed by atoms with Crippen LogP contribution in [-0.4, -0.2) is 18.4 Å². The molecule has 0 bridgehead atoms. The third-order valence-electron chi connectivity index (χ3n) is 3.58. The molecule has 4 nitrogen and oxygen atoms in total. The molecule has 2 N–H and O–H groups in total. The Morgan fingerprint density at radius 3 is 2.57 bits per heavy atom. The first-order valence-electron chi connectivity index (χ1n) is 7.09. The Labute approximate surface area is 134 Å². The number of halogens is 2. The summed E-state index contributed by atoms with van der Waals surface area (Å²) in [6, 6.07) is 4.88. The molecule has 114 valence electrons. The highest BCUT2D eigenvalue weighted by atomic mass is 35.5. The first-order chi connectivity index (χ1) is 10.1. The van der Waals surface area contributed by atoms with Crippen molar-refractivity contribution in [2.45, 2.75) is 32.1 Å². The van der Waals surface area contributed by atoms with Crippen LogP contribution in [0.2, 0.25) is 10.0 Å². The van der Waals surface area contributed by atoms with E-state index >= 15 is 0 Å². The van der Waals surface area contributed by atoms with E-state index < -0.39 is 0 Å². The summed E-state index contributed by atoms with van der Waals surface area (Å²) >= 11 is 11.8. The monoisotopic (exact) mass is 328 g/mol. The largest absolute Gasteiger partial charge is 0.355 e. The molecular weight excluding hydrogens is 311 g/mol. The van der Waals surface area contributed by atoms with E-state index in [0.29, 0.717) is 22.3 Å². The Kier molecular flexibility index (Phi) is 5.88. The first-order valence-corrected chi connectivity index (χ1v) is 7.84. The van der Waals surface area contributed by atoms with Gasteiger partial charge in [-0.3, -0.25) is 9.59 Å². The van der Waals surface area contributed by atoms with E-state index in [4.69, 9.17) is 23.2 Å². The van der Waals surface area contributed by atoms with Gasteiger partial charge in [-0.25, -0.2) is 0 Å². The lowest BCUT2D eigenvalue weighted by Crippen LogP contribution is -2.32. The lowest BCUT2D eigenvalue weighted by Gasteiger charge is -2.11. The summed E-state index contributed by atoms with van der Waals surface area (Å²) in [5, 5.41) is 6.42. The summed E-state index contributed by atoms with van der Waals surface area (Å²) in [5.74, 6) is -0.00505. The normalized spacial score (nSPS) is 15.0. The smallest absolute Gasteiger partial charge is 0.226 e. The molecule has 2 rings (SSSR count). The van der Waals surface area contributed by atoms with Gasteiger partial charge in [-0.15, -0.1) is 0 Å². The highest BCUT2D eigenvalue weighted by Crippen LogP contribution is 2.26. The van der Waals surface area contributed by atoms with Gasteiger partial charge in [0.25, 0.3) is 0 Å². The van der Waals surface area contributed by atoms with Gasteiger partial charge >= 0.3 is 0 Å². The van der Waals surface area contributed by atoms with Gasteiger partial charge in [0.2, 0.25) is 11.8 Å². The lowest BCUT2D eigenvalue weighted by molar-refractivity contribution is -0.124. The van der Waals surface area contributed by atoms with Crippen LogP contribution < -0.4 is 10.6 Å². The van der Waals surface area contributed by atoms with Gasteiger partial charge in [0.15, 0.2) is 0 Å². The zero-order chi connectivity index (χ0) is 15.2. The van der Waals surface area contributed by atoms with Crippen molar-refractivity contribution in [3.63, 3.8) is 0 Å². The second kappa shape index (κ2) is 7.66. The molecule has 0 saturated heterocycles. The second-order valence-corrected chi connectivity index (χ2v) is 6.04. The molecule has 21 heavy (non-hydrogen) atoms. The number of carbonyl (C=O) groups is 2. The van der Waals surface area contributed by atoms with Gasteiger partial charge in [0.1, 0.15) is 0 Å². The molecule has 0 radical (unpaired) electrons. The van der Waals surface area contributed by atoms with Crippen LogP contribution in [0.15, 0.2) is 18.2 Å². The van der Waals surface area contributed by atoms with Crippen molar-refractivity contribution in [1.82, 2.24) is 5.32 Å². The second-order valence-electron chi connectivity index (χ2n) is 5.19. The fraction of sp³-hybridized carbons (Fsp3) is 0.467. The van der Waals surface area contributed by atoms with Gasteiger partial charge < -0.3 is 10.6 Å². The quantitative estimate of drug-likeness (QED) is 0.867. The number of hydrogen-bond acceptors (Lipinski definition) is 2. The Balaban J connectivity index is 1.73. The predicted octanol–water partition coefficient (Wildman–Crippen LogP) is 3.63. The van der Waals surface area contributed by atoms with E-state index in [9.17, 15) is 9.59 Å². The molecule has 0 atom stereocenters. The van der Waals surface area contributed by atoms with Crippen LogP contribution in [0.4, 0.5) is 5.69 Å². The third-order valence-corrected chi connectivity index (χ3v) is 4.13. The van der Waals surface area contributed by atoms with Crippen molar-refractivity contribution in [3.05, 3.63) is 28.2 Å². The van der Waals surface area contributed by atoms with Crippen LogP contribution in [0.25, 0.3) is 0 Å². The van der Waals surface area contributed by atoms with Crippen molar-refractivity contribution < 1.29 is 9.59 Å². The molecular formula is C15H18Cl2N2O2.